The molecule has 4 aromatic rings. The van der Waals surface area contributed by atoms with Crippen LogP contribution in [0.4, 0.5) is 20.2 Å². The Labute approximate surface area is 406 Å². The van der Waals surface area contributed by atoms with Crippen molar-refractivity contribution in [3.63, 3.8) is 0 Å². The second kappa shape index (κ2) is 32.5. The molecule has 0 aliphatic carbocycles. The average molecular weight is 1180 g/mol. The molecular formula is C48H73F2I3N6O2. The van der Waals surface area contributed by atoms with Gasteiger partial charge in [-0.2, -0.15) is 0 Å². The molecule has 342 valence electrons. The number of anilines is 2. The van der Waals surface area contributed by atoms with E-state index < -0.39 is 0 Å². The topological polar surface area (TPSA) is 76.3 Å². The molecule has 0 fully saturated rings. The molecule has 0 saturated heterocycles. The third kappa shape index (κ3) is 19.6. The lowest BCUT2D eigenvalue weighted by Crippen LogP contribution is -2.27. The standard InChI is InChI=1S/2C24H36FN3O.I2.HI/c2*1-5-7-9-11-15-27(16-12-10-8-6-2)23-14-13-21(18-22(23)25)28-20(4)26-19(3)17-24(28)29;1-2;/h2*13-14,17-18H,5-12,15-16H2,1-4H3;;1H. The molecule has 13 heteroatoms. The monoisotopic (exact) mass is 1180 g/mol. The van der Waals surface area contributed by atoms with Gasteiger partial charge in [0.2, 0.25) is 0 Å². The third-order valence-corrected chi connectivity index (χ3v) is 10.6. The minimum atomic E-state index is -0.277. The molecule has 61 heavy (non-hydrogen) atoms. The second-order valence-corrected chi connectivity index (χ2v) is 15.7. The number of rotatable bonds is 24. The van der Waals surface area contributed by atoms with Crippen molar-refractivity contribution in [3.05, 3.63) is 104 Å². The lowest BCUT2D eigenvalue weighted by Gasteiger charge is -2.26. The summed E-state index contributed by atoms with van der Waals surface area (Å²) < 4.78 is 33.1. The fourth-order valence-corrected chi connectivity index (χ4v) is 7.51. The first kappa shape index (κ1) is 56.9. The Morgan fingerprint density at radius 3 is 1.03 bits per heavy atom. The zero-order valence-electron chi connectivity index (χ0n) is 38.2. The first-order chi connectivity index (χ1) is 28.9. The van der Waals surface area contributed by atoms with Crippen molar-refractivity contribution < 1.29 is 8.78 Å². The Morgan fingerprint density at radius 2 is 0.787 bits per heavy atom. The summed E-state index contributed by atoms with van der Waals surface area (Å²) in [5.74, 6) is 0.581. The van der Waals surface area contributed by atoms with Gasteiger partial charge in [0.1, 0.15) is 23.3 Å². The molecule has 0 unspecified atom stereocenters. The molecule has 0 bridgehead atoms. The van der Waals surface area contributed by atoms with Crippen LogP contribution in [0.1, 0.15) is 153 Å². The predicted molar refractivity (Wildman–Crippen MR) is 283 cm³/mol. The van der Waals surface area contributed by atoms with Gasteiger partial charge < -0.3 is 9.80 Å². The first-order valence-electron chi connectivity index (χ1n) is 22.3. The number of halogens is 5. The summed E-state index contributed by atoms with van der Waals surface area (Å²) in [6.07, 6.45) is 18.6. The summed E-state index contributed by atoms with van der Waals surface area (Å²) in [7, 11) is 0. The van der Waals surface area contributed by atoms with Gasteiger partial charge in [-0.3, -0.25) is 18.7 Å². The van der Waals surface area contributed by atoms with Crippen LogP contribution in [0.2, 0.25) is 0 Å². The quantitative estimate of drug-likeness (QED) is 0.0514. The van der Waals surface area contributed by atoms with Crippen molar-refractivity contribution in [2.45, 2.75) is 158 Å². The van der Waals surface area contributed by atoms with Crippen LogP contribution in [0.25, 0.3) is 11.4 Å². The van der Waals surface area contributed by atoms with Gasteiger partial charge >= 0.3 is 0 Å². The fraction of sp³-hybridized carbons (Fsp3) is 0.583. The SMILES string of the molecule is CCCCCCN(CCCCCC)c1ccc(-n2c(C)nc(C)cc2=O)cc1F.CCCCCCN(CCCCCC)c1ccc(-n2c(C)nc(C)cc2=O)cc1F.I.II. The predicted octanol–water partition coefficient (Wildman–Crippen LogP) is 14.3. The molecule has 2 heterocycles. The fourth-order valence-electron chi connectivity index (χ4n) is 7.51. The molecule has 2 aromatic heterocycles. The van der Waals surface area contributed by atoms with E-state index in [0.29, 0.717) is 45.8 Å². The molecule has 0 amide bonds. The summed E-state index contributed by atoms with van der Waals surface area (Å²) >= 11 is 4.24. The molecule has 0 saturated carbocycles. The minimum Gasteiger partial charge on any atom is -0.369 e. The molecule has 8 nitrogen and oxygen atoms in total. The van der Waals surface area contributed by atoms with Crippen LogP contribution in [0.5, 0.6) is 0 Å². The number of unbranched alkanes of at least 4 members (excludes halogenated alkanes) is 12. The highest BCUT2D eigenvalue weighted by Crippen LogP contribution is 2.26. The largest absolute Gasteiger partial charge is 0.369 e. The molecular weight excluding hydrogens is 1110 g/mol. The molecule has 0 atom stereocenters. The second-order valence-electron chi connectivity index (χ2n) is 15.7. The van der Waals surface area contributed by atoms with Crippen molar-refractivity contribution in [3.8, 4) is 11.4 Å². The van der Waals surface area contributed by atoms with Gasteiger partial charge in [0.15, 0.2) is 0 Å². The van der Waals surface area contributed by atoms with E-state index in [1.165, 1.54) is 110 Å². The van der Waals surface area contributed by atoms with Gasteiger partial charge in [-0.05, 0) is 77.6 Å². The number of aromatic nitrogens is 4. The van der Waals surface area contributed by atoms with Crippen LogP contribution in [-0.4, -0.2) is 45.3 Å². The highest BCUT2D eigenvalue weighted by Gasteiger charge is 2.16. The van der Waals surface area contributed by atoms with Crippen molar-refractivity contribution in [2.75, 3.05) is 36.0 Å². The molecule has 0 aliphatic rings. The Kier molecular flexibility index (Phi) is 30.3. The van der Waals surface area contributed by atoms with E-state index >= 15 is 8.78 Å². The molecule has 2 aromatic carbocycles. The van der Waals surface area contributed by atoms with Crippen LogP contribution in [0.15, 0.2) is 58.1 Å². The van der Waals surface area contributed by atoms with E-state index in [4.69, 9.17) is 0 Å². The van der Waals surface area contributed by atoms with Gasteiger partial charge in [-0.25, -0.2) is 18.7 Å². The van der Waals surface area contributed by atoms with Gasteiger partial charge in [-0.1, -0.05) is 105 Å². The lowest BCUT2D eigenvalue weighted by molar-refractivity contribution is 0.582. The van der Waals surface area contributed by atoms with E-state index in [0.717, 1.165) is 51.9 Å². The van der Waals surface area contributed by atoms with E-state index in [1.807, 2.05) is 24.3 Å². The molecule has 0 spiro atoms. The molecule has 4 rings (SSSR count). The maximum Gasteiger partial charge on any atom is 0.258 e. The number of hydrogen-bond acceptors (Lipinski definition) is 6. The Hall–Kier alpha value is -2.15. The molecule has 0 radical (unpaired) electrons. The van der Waals surface area contributed by atoms with Gasteiger partial charge in [-0.15, -0.1) is 24.0 Å². The third-order valence-electron chi connectivity index (χ3n) is 10.6. The van der Waals surface area contributed by atoms with Gasteiger partial charge in [0.25, 0.3) is 11.1 Å². The maximum atomic E-state index is 15.1. The summed E-state index contributed by atoms with van der Waals surface area (Å²) in [4.78, 5) is 37.8. The Balaban J connectivity index is 0.000000577. The van der Waals surface area contributed by atoms with Gasteiger partial charge in [0.05, 0.1) is 22.7 Å². The van der Waals surface area contributed by atoms with Crippen molar-refractivity contribution in [1.29, 1.82) is 0 Å². The first-order valence-corrected chi connectivity index (χ1v) is 28.6. The van der Waals surface area contributed by atoms with E-state index in [1.54, 1.807) is 27.7 Å². The molecule has 0 aliphatic heterocycles. The van der Waals surface area contributed by atoms with Crippen LogP contribution in [0, 0.1) is 39.3 Å². The summed E-state index contributed by atoms with van der Waals surface area (Å²) in [6.45, 7) is 19.4. The zero-order chi connectivity index (χ0) is 44.5. The summed E-state index contributed by atoms with van der Waals surface area (Å²) in [5, 5.41) is 0. The van der Waals surface area contributed by atoms with E-state index in [-0.39, 0.29) is 46.7 Å². The molecule has 0 N–H and O–H groups in total. The van der Waals surface area contributed by atoms with Crippen molar-refractivity contribution in [1.82, 2.24) is 19.1 Å². The summed E-state index contributed by atoms with van der Waals surface area (Å²) in [6, 6.07) is 13.2. The zero-order valence-corrected chi connectivity index (χ0v) is 44.8. The van der Waals surface area contributed by atoms with Crippen LogP contribution < -0.4 is 20.9 Å². The smallest absolute Gasteiger partial charge is 0.258 e. The number of benzene rings is 2. The normalized spacial score (nSPS) is 10.6. The van der Waals surface area contributed by atoms with Gasteiger partial charge in [0, 0.05) is 99.1 Å². The number of nitrogens with zero attached hydrogens (tertiary/aromatic N) is 6. The maximum absolute atomic E-state index is 15.1. The highest BCUT2D eigenvalue weighted by molar-refractivity contribution is 15.0. The Bertz CT molecular complexity index is 1790. The van der Waals surface area contributed by atoms with Crippen LogP contribution >= 0.6 is 61.2 Å². The van der Waals surface area contributed by atoms with Crippen molar-refractivity contribution >= 4 is 72.6 Å². The number of hydrogen-bond donors (Lipinski definition) is 0. The van der Waals surface area contributed by atoms with E-state index in [9.17, 15) is 9.59 Å². The minimum absolute atomic E-state index is 0. The summed E-state index contributed by atoms with van der Waals surface area (Å²) in [5.41, 5.74) is 3.30. The number of aryl methyl sites for hydroxylation is 4. The lowest BCUT2D eigenvalue weighted by atomic mass is 10.1. The van der Waals surface area contributed by atoms with Crippen LogP contribution in [0.3, 0.4) is 0 Å². The van der Waals surface area contributed by atoms with Crippen LogP contribution in [-0.2, 0) is 0 Å². The van der Waals surface area contributed by atoms with E-state index in [2.05, 4.69) is 84.7 Å². The average Bonchev–Trinajstić information content (AvgIpc) is 3.20. The Morgan fingerprint density at radius 1 is 0.492 bits per heavy atom. The highest BCUT2D eigenvalue weighted by atomic mass is 128. The van der Waals surface area contributed by atoms with Crippen molar-refractivity contribution in [2.24, 2.45) is 0 Å².